The maximum atomic E-state index is 6.15. The maximum Gasteiger partial charge on any atom is 0.0663 e. The topological polar surface area (TPSA) is 38.9 Å². The van der Waals surface area contributed by atoms with E-state index in [1.165, 1.54) is 12.8 Å². The summed E-state index contributed by atoms with van der Waals surface area (Å²) in [6.07, 6.45) is 6.53. The molecule has 1 aromatic rings. The van der Waals surface area contributed by atoms with Gasteiger partial charge >= 0.3 is 0 Å². The average Bonchev–Trinajstić information content (AvgIpc) is 2.68. The number of halogens is 1. The van der Waals surface area contributed by atoms with Crippen molar-refractivity contribution in [1.82, 2.24) is 4.98 Å². The molecule has 1 aliphatic carbocycles. The Morgan fingerprint density at radius 2 is 2.14 bits per heavy atom. The zero-order chi connectivity index (χ0) is 10.0. The van der Waals surface area contributed by atoms with Crippen LogP contribution < -0.4 is 5.73 Å². The smallest absolute Gasteiger partial charge is 0.0663 e. The molecule has 0 aliphatic heterocycles. The van der Waals surface area contributed by atoms with Crippen LogP contribution in [0.25, 0.3) is 0 Å². The van der Waals surface area contributed by atoms with E-state index in [4.69, 9.17) is 17.3 Å². The molecule has 0 aromatic carbocycles. The van der Waals surface area contributed by atoms with Gasteiger partial charge in [-0.15, -0.1) is 0 Å². The second-order valence-corrected chi connectivity index (χ2v) is 4.43. The van der Waals surface area contributed by atoms with Gasteiger partial charge in [0, 0.05) is 18.2 Å². The average molecular weight is 211 g/mol. The highest BCUT2D eigenvalue weighted by molar-refractivity contribution is 6.31. The molecule has 0 spiro atoms. The van der Waals surface area contributed by atoms with Gasteiger partial charge < -0.3 is 5.73 Å². The molecule has 2 rings (SSSR count). The fraction of sp³-hybridized carbons (Fsp3) is 0.545. The zero-order valence-electron chi connectivity index (χ0n) is 8.17. The minimum Gasteiger partial charge on any atom is -0.330 e. The standard InChI is InChI=1S/C11H15ClN2/c12-9-4-3-7-14-10(9)11(8-13)5-1-2-6-11/h3-4,7H,1-2,5-6,8,13H2. The summed E-state index contributed by atoms with van der Waals surface area (Å²) in [4.78, 5) is 4.39. The first-order valence-corrected chi connectivity index (χ1v) is 5.47. The molecule has 1 aliphatic rings. The van der Waals surface area contributed by atoms with Gasteiger partial charge in [-0.2, -0.15) is 0 Å². The summed E-state index contributed by atoms with van der Waals surface area (Å²) in [6.45, 7) is 0.656. The van der Waals surface area contributed by atoms with Crippen LogP contribution in [0.5, 0.6) is 0 Å². The molecule has 1 saturated carbocycles. The lowest BCUT2D eigenvalue weighted by Crippen LogP contribution is -2.33. The Bertz CT molecular complexity index is 319. The van der Waals surface area contributed by atoms with Gasteiger partial charge in [0.1, 0.15) is 0 Å². The highest BCUT2D eigenvalue weighted by atomic mass is 35.5. The van der Waals surface area contributed by atoms with Crippen molar-refractivity contribution in [3.05, 3.63) is 29.0 Å². The number of aromatic nitrogens is 1. The van der Waals surface area contributed by atoms with Crippen LogP contribution in [0.2, 0.25) is 5.02 Å². The molecule has 76 valence electrons. The molecule has 0 atom stereocenters. The van der Waals surface area contributed by atoms with Gasteiger partial charge in [-0.3, -0.25) is 4.98 Å². The van der Waals surface area contributed by atoms with E-state index in [2.05, 4.69) is 4.98 Å². The molecular weight excluding hydrogens is 196 g/mol. The molecule has 1 heterocycles. The minimum atomic E-state index is 0.0539. The fourth-order valence-electron chi connectivity index (χ4n) is 2.37. The molecule has 2 N–H and O–H groups in total. The van der Waals surface area contributed by atoms with E-state index < -0.39 is 0 Å². The van der Waals surface area contributed by atoms with Crippen LogP contribution in [0.15, 0.2) is 18.3 Å². The number of pyridine rings is 1. The molecule has 0 unspecified atom stereocenters. The predicted octanol–water partition coefficient (Wildman–Crippen LogP) is 2.51. The highest BCUT2D eigenvalue weighted by Crippen LogP contribution is 2.41. The summed E-state index contributed by atoms with van der Waals surface area (Å²) in [5.41, 5.74) is 6.93. The van der Waals surface area contributed by atoms with E-state index in [1.54, 1.807) is 6.20 Å². The quantitative estimate of drug-likeness (QED) is 0.815. The van der Waals surface area contributed by atoms with Gasteiger partial charge in [-0.05, 0) is 25.0 Å². The molecule has 2 nitrogen and oxygen atoms in total. The molecule has 1 fully saturated rings. The monoisotopic (exact) mass is 210 g/mol. The lowest BCUT2D eigenvalue weighted by Gasteiger charge is -2.27. The van der Waals surface area contributed by atoms with Crippen LogP contribution in [0.4, 0.5) is 0 Å². The summed E-state index contributed by atoms with van der Waals surface area (Å²) in [6, 6.07) is 3.77. The van der Waals surface area contributed by atoms with E-state index in [9.17, 15) is 0 Å². The molecule has 0 amide bonds. The molecule has 1 aromatic heterocycles. The van der Waals surface area contributed by atoms with Gasteiger partial charge in [0.2, 0.25) is 0 Å². The van der Waals surface area contributed by atoms with Crippen LogP contribution in [-0.4, -0.2) is 11.5 Å². The number of nitrogens with two attached hydrogens (primary N) is 1. The van der Waals surface area contributed by atoms with Crippen molar-refractivity contribution in [2.45, 2.75) is 31.1 Å². The number of rotatable bonds is 2. The molecule has 0 saturated heterocycles. The Kier molecular flexibility index (Phi) is 2.75. The summed E-state index contributed by atoms with van der Waals surface area (Å²) in [5.74, 6) is 0. The lowest BCUT2D eigenvalue weighted by molar-refractivity contribution is 0.440. The number of hydrogen-bond donors (Lipinski definition) is 1. The van der Waals surface area contributed by atoms with Crippen LogP contribution in [0.1, 0.15) is 31.4 Å². The van der Waals surface area contributed by atoms with Crippen molar-refractivity contribution >= 4 is 11.6 Å². The maximum absolute atomic E-state index is 6.15. The Labute approximate surface area is 89.5 Å². The number of hydrogen-bond acceptors (Lipinski definition) is 2. The third kappa shape index (κ3) is 1.53. The van der Waals surface area contributed by atoms with Gasteiger partial charge in [0.25, 0.3) is 0 Å². The van der Waals surface area contributed by atoms with Gasteiger partial charge in [-0.25, -0.2) is 0 Å². The fourth-order valence-corrected chi connectivity index (χ4v) is 2.69. The summed E-state index contributed by atoms with van der Waals surface area (Å²) < 4.78 is 0. The van der Waals surface area contributed by atoms with E-state index in [0.29, 0.717) is 6.54 Å². The van der Waals surface area contributed by atoms with Crippen molar-refractivity contribution in [1.29, 1.82) is 0 Å². The second kappa shape index (κ2) is 3.87. The van der Waals surface area contributed by atoms with Gasteiger partial charge in [0.15, 0.2) is 0 Å². The first-order chi connectivity index (χ1) is 6.78. The lowest BCUT2D eigenvalue weighted by atomic mass is 9.82. The summed E-state index contributed by atoms with van der Waals surface area (Å²) >= 11 is 6.15. The van der Waals surface area contributed by atoms with Crippen molar-refractivity contribution in [3.8, 4) is 0 Å². The van der Waals surface area contributed by atoms with Crippen LogP contribution in [0.3, 0.4) is 0 Å². The first kappa shape index (κ1) is 9.94. The Morgan fingerprint density at radius 3 is 2.71 bits per heavy atom. The van der Waals surface area contributed by atoms with E-state index in [0.717, 1.165) is 23.6 Å². The Balaban J connectivity index is 2.41. The zero-order valence-corrected chi connectivity index (χ0v) is 8.93. The largest absolute Gasteiger partial charge is 0.330 e. The van der Waals surface area contributed by atoms with Crippen molar-refractivity contribution in [2.24, 2.45) is 5.73 Å². The van der Waals surface area contributed by atoms with Crippen molar-refractivity contribution < 1.29 is 0 Å². The van der Waals surface area contributed by atoms with Crippen LogP contribution in [0, 0.1) is 0 Å². The molecular formula is C11H15ClN2. The third-order valence-electron chi connectivity index (χ3n) is 3.21. The Hall–Kier alpha value is -0.600. The molecule has 0 radical (unpaired) electrons. The van der Waals surface area contributed by atoms with Crippen LogP contribution in [-0.2, 0) is 5.41 Å². The second-order valence-electron chi connectivity index (χ2n) is 4.03. The highest BCUT2D eigenvalue weighted by Gasteiger charge is 2.36. The van der Waals surface area contributed by atoms with Crippen molar-refractivity contribution in [3.63, 3.8) is 0 Å². The first-order valence-electron chi connectivity index (χ1n) is 5.10. The summed E-state index contributed by atoms with van der Waals surface area (Å²) in [5, 5.41) is 0.764. The minimum absolute atomic E-state index is 0.0539. The van der Waals surface area contributed by atoms with Gasteiger partial charge in [0.05, 0.1) is 10.7 Å². The van der Waals surface area contributed by atoms with Crippen LogP contribution >= 0.6 is 11.6 Å². The summed E-state index contributed by atoms with van der Waals surface area (Å²) in [7, 11) is 0. The van der Waals surface area contributed by atoms with E-state index in [-0.39, 0.29) is 5.41 Å². The van der Waals surface area contributed by atoms with E-state index in [1.807, 2.05) is 12.1 Å². The van der Waals surface area contributed by atoms with E-state index >= 15 is 0 Å². The SMILES string of the molecule is NCC1(c2ncccc2Cl)CCCC1. The molecule has 3 heteroatoms. The Morgan fingerprint density at radius 1 is 1.43 bits per heavy atom. The normalized spacial score (nSPS) is 19.9. The molecule has 14 heavy (non-hydrogen) atoms. The predicted molar refractivity (Wildman–Crippen MR) is 58.4 cm³/mol. The molecule has 0 bridgehead atoms. The van der Waals surface area contributed by atoms with Gasteiger partial charge in [-0.1, -0.05) is 24.4 Å². The van der Waals surface area contributed by atoms with Crippen molar-refractivity contribution in [2.75, 3.05) is 6.54 Å². The number of nitrogens with zero attached hydrogens (tertiary/aromatic N) is 1. The third-order valence-corrected chi connectivity index (χ3v) is 3.52.